The molecule has 0 spiro atoms. The van der Waals surface area contributed by atoms with Gasteiger partial charge in [-0.25, -0.2) is 4.99 Å². The number of nitrogens with two attached hydrogens (primary N) is 1. The van der Waals surface area contributed by atoms with Gasteiger partial charge >= 0.3 is 0 Å². The molecule has 0 aliphatic heterocycles. The Bertz CT molecular complexity index is 155. The molecular formula is C7H16N4O. The van der Waals surface area contributed by atoms with Gasteiger partial charge in [0, 0.05) is 6.54 Å². The number of aliphatic hydroxyl groups is 1. The molecule has 0 aromatic rings. The first kappa shape index (κ1) is 11.1. The van der Waals surface area contributed by atoms with Gasteiger partial charge < -0.3 is 10.8 Å². The fraction of sp³-hybridized carbons (Fsp3) is 0.714. The average Bonchev–Trinajstić information content (AvgIpc) is 2.03. The molecule has 12 heavy (non-hydrogen) atoms. The molecule has 0 saturated carbocycles. The van der Waals surface area contributed by atoms with E-state index in [-0.39, 0.29) is 0 Å². The molecule has 5 heteroatoms. The van der Waals surface area contributed by atoms with E-state index >= 15 is 0 Å². The van der Waals surface area contributed by atoms with E-state index in [1.807, 2.05) is 7.05 Å². The molecule has 3 N–H and O–H groups in total. The monoisotopic (exact) mass is 172 g/mol. The molecule has 0 amide bonds. The first-order valence-corrected chi connectivity index (χ1v) is 3.78. The number of aliphatic hydroxyl groups excluding tert-OH is 1. The van der Waals surface area contributed by atoms with E-state index < -0.39 is 6.23 Å². The van der Waals surface area contributed by atoms with Crippen LogP contribution in [0.1, 0.15) is 6.92 Å². The third kappa shape index (κ3) is 5.82. The van der Waals surface area contributed by atoms with Crippen LogP contribution in [0.3, 0.4) is 0 Å². The van der Waals surface area contributed by atoms with Crippen molar-refractivity contribution in [2.45, 2.75) is 13.2 Å². The molecule has 70 valence electrons. The van der Waals surface area contributed by atoms with Crippen LogP contribution in [0.2, 0.25) is 0 Å². The predicted octanol–water partition coefficient (Wildman–Crippen LogP) is -0.728. The number of rotatable bonds is 5. The smallest absolute Gasteiger partial charge is 0.111 e. The van der Waals surface area contributed by atoms with Crippen LogP contribution >= 0.6 is 0 Å². The first-order chi connectivity index (χ1) is 5.68. The van der Waals surface area contributed by atoms with Crippen LogP contribution < -0.4 is 5.73 Å². The van der Waals surface area contributed by atoms with Crippen molar-refractivity contribution in [3.8, 4) is 0 Å². The van der Waals surface area contributed by atoms with Crippen molar-refractivity contribution in [2.75, 3.05) is 20.1 Å². The van der Waals surface area contributed by atoms with Crippen LogP contribution in [0.5, 0.6) is 0 Å². The molecule has 0 aromatic heterocycles. The number of nitrogens with zero attached hydrogens (tertiary/aromatic N) is 3. The summed E-state index contributed by atoms with van der Waals surface area (Å²) in [5.41, 5.74) is 4.99. The summed E-state index contributed by atoms with van der Waals surface area (Å²) in [5.74, 6) is 0. The Hall–Kier alpha value is -0.940. The van der Waals surface area contributed by atoms with Gasteiger partial charge in [-0.1, -0.05) is 0 Å². The second kappa shape index (κ2) is 6.75. The molecule has 0 heterocycles. The van der Waals surface area contributed by atoms with Crippen LogP contribution in [0.15, 0.2) is 9.98 Å². The molecule has 0 radical (unpaired) electrons. The minimum atomic E-state index is -0.432. The molecule has 0 aromatic carbocycles. The van der Waals surface area contributed by atoms with E-state index in [4.69, 9.17) is 10.8 Å². The van der Waals surface area contributed by atoms with Crippen molar-refractivity contribution in [1.82, 2.24) is 4.90 Å². The summed E-state index contributed by atoms with van der Waals surface area (Å²) in [7, 11) is 1.83. The van der Waals surface area contributed by atoms with E-state index in [9.17, 15) is 0 Å². The van der Waals surface area contributed by atoms with Crippen molar-refractivity contribution in [2.24, 2.45) is 15.7 Å². The fourth-order valence-corrected chi connectivity index (χ4v) is 0.546. The van der Waals surface area contributed by atoms with Crippen molar-refractivity contribution in [3.63, 3.8) is 0 Å². The second-order valence-corrected chi connectivity index (χ2v) is 2.43. The molecule has 1 unspecified atom stereocenters. The molecule has 0 saturated heterocycles. The Balaban J connectivity index is 3.42. The van der Waals surface area contributed by atoms with Gasteiger partial charge in [0.05, 0.1) is 12.9 Å². The van der Waals surface area contributed by atoms with Crippen LogP contribution in [0.4, 0.5) is 0 Å². The SMILES string of the molecule is CC(O)N(C)CCN=CN=CN. The predicted molar refractivity (Wildman–Crippen MR) is 50.3 cm³/mol. The Morgan fingerprint density at radius 3 is 2.83 bits per heavy atom. The van der Waals surface area contributed by atoms with Crippen LogP contribution in [-0.4, -0.2) is 49.0 Å². The summed E-state index contributed by atoms with van der Waals surface area (Å²) < 4.78 is 0. The topological polar surface area (TPSA) is 74.2 Å². The maximum Gasteiger partial charge on any atom is 0.111 e. The van der Waals surface area contributed by atoms with E-state index in [0.717, 1.165) is 0 Å². The van der Waals surface area contributed by atoms with Crippen molar-refractivity contribution in [1.29, 1.82) is 0 Å². The minimum Gasteiger partial charge on any atom is -0.390 e. The Labute approximate surface area is 72.6 Å². The Kier molecular flexibility index (Phi) is 6.22. The summed E-state index contributed by atoms with van der Waals surface area (Å²) in [6.07, 6.45) is 2.15. The second-order valence-electron chi connectivity index (χ2n) is 2.43. The van der Waals surface area contributed by atoms with E-state index in [0.29, 0.717) is 13.1 Å². The van der Waals surface area contributed by atoms with Gasteiger partial charge in [-0.15, -0.1) is 0 Å². The molecule has 5 nitrogen and oxygen atoms in total. The number of hydrogen-bond acceptors (Lipinski definition) is 3. The third-order valence-corrected chi connectivity index (χ3v) is 1.45. The highest BCUT2D eigenvalue weighted by Crippen LogP contribution is 1.88. The molecule has 0 aliphatic rings. The van der Waals surface area contributed by atoms with Crippen molar-refractivity contribution in [3.05, 3.63) is 0 Å². The Morgan fingerprint density at radius 1 is 1.67 bits per heavy atom. The highest BCUT2D eigenvalue weighted by molar-refractivity contribution is 5.69. The normalized spacial score (nSPS) is 15.0. The maximum absolute atomic E-state index is 9.05. The lowest BCUT2D eigenvalue weighted by Crippen LogP contribution is -2.30. The zero-order chi connectivity index (χ0) is 9.40. The van der Waals surface area contributed by atoms with Gasteiger partial charge in [-0.3, -0.25) is 9.89 Å². The minimum absolute atomic E-state index is 0.432. The van der Waals surface area contributed by atoms with E-state index in [1.165, 1.54) is 12.7 Å². The molecule has 0 aliphatic carbocycles. The summed E-state index contributed by atoms with van der Waals surface area (Å²) in [6.45, 7) is 3.02. The van der Waals surface area contributed by atoms with Gasteiger partial charge in [0.25, 0.3) is 0 Å². The van der Waals surface area contributed by atoms with E-state index in [1.54, 1.807) is 11.8 Å². The average molecular weight is 172 g/mol. The summed E-state index contributed by atoms with van der Waals surface area (Å²) >= 11 is 0. The van der Waals surface area contributed by atoms with Crippen molar-refractivity contribution >= 4 is 12.7 Å². The van der Waals surface area contributed by atoms with Gasteiger partial charge in [-0.05, 0) is 14.0 Å². The van der Waals surface area contributed by atoms with Gasteiger partial charge in [0.15, 0.2) is 0 Å². The zero-order valence-electron chi connectivity index (χ0n) is 7.51. The van der Waals surface area contributed by atoms with E-state index in [2.05, 4.69) is 9.98 Å². The molecule has 0 bridgehead atoms. The summed E-state index contributed by atoms with van der Waals surface area (Å²) in [5, 5.41) is 9.05. The quantitative estimate of drug-likeness (QED) is 0.326. The zero-order valence-corrected chi connectivity index (χ0v) is 7.51. The number of aliphatic imine (C=N–C) groups is 2. The lowest BCUT2D eigenvalue weighted by atomic mass is 10.5. The lowest BCUT2D eigenvalue weighted by molar-refractivity contribution is 0.0409. The van der Waals surface area contributed by atoms with Gasteiger partial charge in [0.1, 0.15) is 12.6 Å². The van der Waals surface area contributed by atoms with Gasteiger partial charge in [0.2, 0.25) is 0 Å². The van der Waals surface area contributed by atoms with Gasteiger partial charge in [-0.2, -0.15) is 0 Å². The molecule has 0 fully saturated rings. The lowest BCUT2D eigenvalue weighted by Gasteiger charge is -2.17. The number of hydrogen-bond donors (Lipinski definition) is 2. The van der Waals surface area contributed by atoms with Crippen molar-refractivity contribution < 1.29 is 5.11 Å². The fourth-order valence-electron chi connectivity index (χ4n) is 0.546. The van der Waals surface area contributed by atoms with Crippen LogP contribution in [-0.2, 0) is 0 Å². The highest BCUT2D eigenvalue weighted by Gasteiger charge is 2.01. The van der Waals surface area contributed by atoms with Crippen LogP contribution in [0.25, 0.3) is 0 Å². The highest BCUT2D eigenvalue weighted by atomic mass is 16.3. The molecule has 1 atom stereocenters. The Morgan fingerprint density at radius 2 is 2.33 bits per heavy atom. The molecule has 0 rings (SSSR count). The third-order valence-electron chi connectivity index (χ3n) is 1.45. The first-order valence-electron chi connectivity index (χ1n) is 3.78. The molecular weight excluding hydrogens is 156 g/mol. The summed E-state index contributed by atoms with van der Waals surface area (Å²) in [6, 6.07) is 0. The largest absolute Gasteiger partial charge is 0.390 e. The maximum atomic E-state index is 9.05. The van der Waals surface area contributed by atoms with Crippen LogP contribution in [0, 0.1) is 0 Å². The summed E-state index contributed by atoms with van der Waals surface area (Å²) in [4.78, 5) is 9.30. The number of likely N-dealkylation sites (N-methyl/N-ethyl adjacent to an activating group) is 1. The standard InChI is InChI=1S/C7H16N4O/c1-7(12)11(2)4-3-9-6-10-5-8/h5-7,12H,3-4H2,1-2H3,(H2,8,9,10).